The molecule has 6 heteroatoms. The van der Waals surface area contributed by atoms with E-state index < -0.39 is 23.7 Å². The van der Waals surface area contributed by atoms with E-state index in [1.54, 1.807) is 0 Å². The van der Waals surface area contributed by atoms with E-state index in [0.717, 1.165) is 11.3 Å². The van der Waals surface area contributed by atoms with Crippen LogP contribution in [0.15, 0.2) is 11.4 Å². The SMILES string of the molecule is C[C@H](NC(=O)c1sccc1F)C(N)=O. The molecular formula is C8H9FN2O2S. The maximum absolute atomic E-state index is 12.9. The lowest BCUT2D eigenvalue weighted by atomic mass is 10.3. The number of thiophene rings is 1. The third-order valence-corrected chi connectivity index (χ3v) is 2.49. The standard InChI is InChI=1S/C8H9FN2O2S/c1-4(7(10)12)11-8(13)6-5(9)2-3-14-6/h2-4H,1H3,(H2,10,12)(H,11,13)/t4-/m0/s1. The van der Waals surface area contributed by atoms with Crippen LogP contribution in [0.1, 0.15) is 16.6 Å². The molecule has 0 unspecified atom stereocenters. The van der Waals surface area contributed by atoms with Crippen LogP contribution in [-0.2, 0) is 4.79 Å². The smallest absolute Gasteiger partial charge is 0.265 e. The predicted octanol–water partition coefficient (Wildman–Crippen LogP) is 0.491. The van der Waals surface area contributed by atoms with Gasteiger partial charge in [0.05, 0.1) is 0 Å². The van der Waals surface area contributed by atoms with Crippen molar-refractivity contribution in [3.8, 4) is 0 Å². The maximum atomic E-state index is 12.9. The van der Waals surface area contributed by atoms with Crippen molar-refractivity contribution < 1.29 is 14.0 Å². The van der Waals surface area contributed by atoms with Crippen LogP contribution in [0.4, 0.5) is 4.39 Å². The maximum Gasteiger partial charge on any atom is 0.265 e. The normalized spacial score (nSPS) is 12.1. The highest BCUT2D eigenvalue weighted by Gasteiger charge is 2.17. The molecule has 1 atom stereocenters. The summed E-state index contributed by atoms with van der Waals surface area (Å²) < 4.78 is 12.9. The number of halogens is 1. The molecule has 0 bridgehead atoms. The summed E-state index contributed by atoms with van der Waals surface area (Å²) in [5.74, 6) is -1.87. The molecule has 0 saturated carbocycles. The van der Waals surface area contributed by atoms with E-state index in [0.29, 0.717) is 0 Å². The molecule has 0 aliphatic heterocycles. The summed E-state index contributed by atoms with van der Waals surface area (Å²) in [5.41, 5.74) is 4.93. The number of carbonyl (C=O) groups excluding carboxylic acids is 2. The molecule has 0 aliphatic carbocycles. The highest BCUT2D eigenvalue weighted by molar-refractivity contribution is 7.12. The minimum absolute atomic E-state index is 0.0434. The number of nitrogens with one attached hydrogen (secondary N) is 1. The molecule has 1 heterocycles. The van der Waals surface area contributed by atoms with E-state index in [-0.39, 0.29) is 4.88 Å². The lowest BCUT2D eigenvalue weighted by Gasteiger charge is -2.08. The number of carbonyl (C=O) groups is 2. The van der Waals surface area contributed by atoms with Crippen molar-refractivity contribution in [2.75, 3.05) is 0 Å². The number of nitrogens with two attached hydrogens (primary N) is 1. The van der Waals surface area contributed by atoms with E-state index in [9.17, 15) is 14.0 Å². The molecule has 1 rings (SSSR count). The summed E-state index contributed by atoms with van der Waals surface area (Å²) in [7, 11) is 0. The van der Waals surface area contributed by atoms with Gasteiger partial charge in [0, 0.05) is 0 Å². The van der Waals surface area contributed by atoms with Crippen molar-refractivity contribution in [2.24, 2.45) is 5.73 Å². The Morgan fingerprint density at radius 3 is 2.71 bits per heavy atom. The van der Waals surface area contributed by atoms with Gasteiger partial charge in [-0.1, -0.05) is 0 Å². The van der Waals surface area contributed by atoms with E-state index in [2.05, 4.69) is 5.32 Å². The van der Waals surface area contributed by atoms with E-state index in [1.165, 1.54) is 18.4 Å². The summed E-state index contributed by atoms with van der Waals surface area (Å²) in [5, 5.41) is 3.74. The van der Waals surface area contributed by atoms with Crippen molar-refractivity contribution in [3.05, 3.63) is 22.1 Å². The molecule has 0 saturated heterocycles. The third-order valence-electron chi connectivity index (χ3n) is 1.60. The molecule has 0 radical (unpaired) electrons. The van der Waals surface area contributed by atoms with Crippen molar-refractivity contribution in [3.63, 3.8) is 0 Å². The quantitative estimate of drug-likeness (QED) is 0.771. The summed E-state index contributed by atoms with van der Waals surface area (Å²) >= 11 is 0.972. The van der Waals surface area contributed by atoms with E-state index in [1.807, 2.05) is 0 Å². The van der Waals surface area contributed by atoms with Crippen LogP contribution in [0, 0.1) is 5.82 Å². The molecule has 4 nitrogen and oxygen atoms in total. The molecule has 2 amide bonds. The summed E-state index contributed by atoms with van der Waals surface area (Å²) in [6.07, 6.45) is 0. The first-order valence-electron chi connectivity index (χ1n) is 3.85. The van der Waals surface area contributed by atoms with E-state index >= 15 is 0 Å². The Morgan fingerprint density at radius 2 is 2.29 bits per heavy atom. The Balaban J connectivity index is 2.69. The van der Waals surface area contributed by atoms with Gasteiger partial charge in [-0.2, -0.15) is 0 Å². The molecule has 3 N–H and O–H groups in total. The second-order valence-corrected chi connectivity index (χ2v) is 3.61. The molecular weight excluding hydrogens is 207 g/mol. The summed E-state index contributed by atoms with van der Waals surface area (Å²) in [6.45, 7) is 1.44. The van der Waals surface area contributed by atoms with Crippen molar-refractivity contribution in [1.29, 1.82) is 0 Å². The fourth-order valence-electron chi connectivity index (χ4n) is 0.789. The Morgan fingerprint density at radius 1 is 1.64 bits per heavy atom. The molecule has 0 spiro atoms. The highest BCUT2D eigenvalue weighted by Crippen LogP contribution is 2.14. The lowest BCUT2D eigenvalue weighted by molar-refractivity contribution is -0.119. The second-order valence-electron chi connectivity index (χ2n) is 2.70. The number of amides is 2. The van der Waals surface area contributed by atoms with Gasteiger partial charge in [0.15, 0.2) is 0 Å². The minimum atomic E-state index is -0.802. The first-order valence-corrected chi connectivity index (χ1v) is 4.73. The van der Waals surface area contributed by atoms with Gasteiger partial charge < -0.3 is 11.1 Å². The molecule has 1 aromatic heterocycles. The van der Waals surface area contributed by atoms with Gasteiger partial charge in [-0.15, -0.1) is 11.3 Å². The monoisotopic (exact) mass is 216 g/mol. The third kappa shape index (κ3) is 2.29. The fourth-order valence-corrected chi connectivity index (χ4v) is 1.46. The van der Waals surface area contributed by atoms with Gasteiger partial charge in [0.1, 0.15) is 16.7 Å². The largest absolute Gasteiger partial charge is 0.368 e. The van der Waals surface area contributed by atoms with Crippen LogP contribution in [0.3, 0.4) is 0 Å². The second kappa shape index (κ2) is 4.19. The van der Waals surface area contributed by atoms with Crippen LogP contribution in [0.5, 0.6) is 0 Å². The fraction of sp³-hybridized carbons (Fsp3) is 0.250. The topological polar surface area (TPSA) is 72.2 Å². The molecule has 76 valence electrons. The van der Waals surface area contributed by atoms with Gasteiger partial charge in [0.2, 0.25) is 5.91 Å². The van der Waals surface area contributed by atoms with Gasteiger partial charge in [-0.05, 0) is 18.4 Å². The van der Waals surface area contributed by atoms with Crippen molar-refractivity contribution >= 4 is 23.2 Å². The number of primary amides is 1. The van der Waals surface area contributed by atoms with Crippen LogP contribution in [-0.4, -0.2) is 17.9 Å². The number of hydrogen-bond donors (Lipinski definition) is 2. The minimum Gasteiger partial charge on any atom is -0.368 e. The molecule has 1 aromatic rings. The van der Waals surface area contributed by atoms with Crippen molar-refractivity contribution in [2.45, 2.75) is 13.0 Å². The zero-order chi connectivity index (χ0) is 10.7. The van der Waals surface area contributed by atoms with Gasteiger partial charge in [0.25, 0.3) is 5.91 Å². The van der Waals surface area contributed by atoms with Crippen molar-refractivity contribution in [1.82, 2.24) is 5.32 Å². The molecule has 0 fully saturated rings. The van der Waals surface area contributed by atoms with E-state index in [4.69, 9.17) is 5.73 Å². The Kier molecular flexibility index (Phi) is 3.19. The summed E-state index contributed by atoms with van der Waals surface area (Å²) in [4.78, 5) is 21.9. The lowest BCUT2D eigenvalue weighted by Crippen LogP contribution is -2.42. The Bertz CT molecular complexity index is 364. The molecule has 0 aromatic carbocycles. The zero-order valence-corrected chi connectivity index (χ0v) is 8.23. The van der Waals surface area contributed by atoms with Gasteiger partial charge in [-0.3, -0.25) is 9.59 Å². The zero-order valence-electron chi connectivity index (χ0n) is 7.41. The highest BCUT2D eigenvalue weighted by atomic mass is 32.1. The predicted molar refractivity (Wildman–Crippen MR) is 50.4 cm³/mol. The van der Waals surface area contributed by atoms with Crippen LogP contribution < -0.4 is 11.1 Å². The van der Waals surface area contributed by atoms with Gasteiger partial charge >= 0.3 is 0 Å². The number of rotatable bonds is 3. The first kappa shape index (κ1) is 10.6. The summed E-state index contributed by atoms with van der Waals surface area (Å²) in [6, 6.07) is 0.387. The average Bonchev–Trinajstić information content (AvgIpc) is 2.51. The van der Waals surface area contributed by atoms with Crippen LogP contribution in [0.25, 0.3) is 0 Å². The van der Waals surface area contributed by atoms with Crippen LogP contribution >= 0.6 is 11.3 Å². The Labute approximate surface area is 83.9 Å². The average molecular weight is 216 g/mol. The Hall–Kier alpha value is -1.43. The van der Waals surface area contributed by atoms with Gasteiger partial charge in [-0.25, -0.2) is 4.39 Å². The molecule has 14 heavy (non-hydrogen) atoms. The molecule has 0 aliphatic rings. The number of hydrogen-bond acceptors (Lipinski definition) is 3. The van der Waals surface area contributed by atoms with Crippen LogP contribution in [0.2, 0.25) is 0 Å². The first-order chi connectivity index (χ1) is 6.52.